The van der Waals surface area contributed by atoms with Crippen LogP contribution in [-0.2, 0) is 0 Å². The lowest BCUT2D eigenvalue weighted by Gasteiger charge is -2.06. The molecule has 0 spiro atoms. The minimum Gasteiger partial charge on any atom is -0.494 e. The minimum absolute atomic E-state index is 0.394. The smallest absolute Gasteiger partial charge is 0.343 e. The van der Waals surface area contributed by atoms with Crippen LogP contribution in [0.2, 0.25) is 0 Å². The molecule has 1 heterocycles. The average Bonchev–Trinajstić information content (AvgIpc) is 3.12. The molecule has 0 atom stereocenters. The van der Waals surface area contributed by atoms with Gasteiger partial charge in [0.25, 0.3) is 0 Å². The highest BCUT2D eigenvalue weighted by atomic mass is 16.5. The molecule has 27 heavy (non-hydrogen) atoms. The third-order valence-corrected chi connectivity index (χ3v) is 3.97. The van der Waals surface area contributed by atoms with Crippen LogP contribution in [0.1, 0.15) is 17.3 Å². The van der Waals surface area contributed by atoms with Crippen molar-refractivity contribution in [1.29, 1.82) is 0 Å². The van der Waals surface area contributed by atoms with Crippen LogP contribution in [-0.4, -0.2) is 17.6 Å². The molecular weight excluding hydrogens is 342 g/mol. The zero-order chi connectivity index (χ0) is 18.6. The molecule has 0 unspecified atom stereocenters. The highest BCUT2D eigenvalue weighted by Crippen LogP contribution is 2.27. The van der Waals surface area contributed by atoms with E-state index in [1.54, 1.807) is 42.5 Å². The van der Waals surface area contributed by atoms with Crippen molar-refractivity contribution in [2.75, 3.05) is 6.61 Å². The maximum atomic E-state index is 12.4. The molecule has 0 saturated carbocycles. The number of oxazole rings is 1. The molecular formula is C22H17NO4. The molecule has 0 N–H and O–H groups in total. The van der Waals surface area contributed by atoms with Gasteiger partial charge in [-0.05, 0) is 49.4 Å². The zero-order valence-corrected chi connectivity index (χ0v) is 14.7. The fourth-order valence-electron chi connectivity index (χ4n) is 2.72. The summed E-state index contributed by atoms with van der Waals surface area (Å²) in [5.41, 5.74) is 2.57. The summed E-state index contributed by atoms with van der Waals surface area (Å²) in [6, 6.07) is 21.7. The van der Waals surface area contributed by atoms with Crippen molar-refractivity contribution in [2.45, 2.75) is 6.92 Å². The SMILES string of the molecule is CCOc1cccc(C(=O)Oc2ccc3nc(-c4ccccc4)oc3c2)c1. The number of hydrogen-bond donors (Lipinski definition) is 0. The molecule has 0 aliphatic carbocycles. The second-order valence-corrected chi connectivity index (χ2v) is 5.86. The predicted octanol–water partition coefficient (Wildman–Crippen LogP) is 5.11. The Morgan fingerprint density at radius 2 is 1.81 bits per heavy atom. The standard InChI is InChI=1S/C22H17NO4/c1-2-25-17-10-6-9-16(13-17)22(24)26-18-11-12-19-20(14-18)27-21(23-19)15-7-4-3-5-8-15/h3-14H,2H2,1H3. The van der Waals surface area contributed by atoms with E-state index in [1.807, 2.05) is 37.3 Å². The van der Waals surface area contributed by atoms with Crippen LogP contribution in [0.15, 0.2) is 77.2 Å². The molecule has 4 aromatic rings. The number of carbonyl (C=O) groups excluding carboxylic acids is 1. The molecule has 3 aromatic carbocycles. The van der Waals surface area contributed by atoms with E-state index >= 15 is 0 Å². The van der Waals surface area contributed by atoms with Crippen molar-refractivity contribution < 1.29 is 18.7 Å². The Kier molecular flexibility index (Phi) is 4.58. The first-order valence-electron chi connectivity index (χ1n) is 8.64. The van der Waals surface area contributed by atoms with Crippen LogP contribution < -0.4 is 9.47 Å². The number of fused-ring (bicyclic) bond motifs is 1. The Bertz CT molecular complexity index is 1090. The fourth-order valence-corrected chi connectivity index (χ4v) is 2.72. The molecule has 0 aliphatic rings. The molecule has 0 amide bonds. The van der Waals surface area contributed by atoms with E-state index in [9.17, 15) is 4.79 Å². The van der Waals surface area contributed by atoms with Crippen molar-refractivity contribution in [3.8, 4) is 23.0 Å². The van der Waals surface area contributed by atoms with Gasteiger partial charge in [-0.15, -0.1) is 0 Å². The Morgan fingerprint density at radius 3 is 2.63 bits per heavy atom. The monoisotopic (exact) mass is 359 g/mol. The van der Waals surface area contributed by atoms with Crippen LogP contribution >= 0.6 is 0 Å². The summed E-state index contributed by atoms with van der Waals surface area (Å²) >= 11 is 0. The van der Waals surface area contributed by atoms with Gasteiger partial charge in [0.1, 0.15) is 17.0 Å². The summed E-state index contributed by atoms with van der Waals surface area (Å²) < 4.78 is 16.7. The second-order valence-electron chi connectivity index (χ2n) is 5.86. The molecule has 0 fully saturated rings. The summed E-state index contributed by atoms with van der Waals surface area (Å²) in [5.74, 6) is 1.09. The number of aromatic nitrogens is 1. The largest absolute Gasteiger partial charge is 0.494 e. The van der Waals surface area contributed by atoms with Gasteiger partial charge in [0, 0.05) is 11.6 Å². The van der Waals surface area contributed by atoms with Crippen molar-refractivity contribution in [2.24, 2.45) is 0 Å². The normalized spacial score (nSPS) is 10.7. The second kappa shape index (κ2) is 7.33. The molecule has 0 bridgehead atoms. The number of esters is 1. The first-order valence-corrected chi connectivity index (χ1v) is 8.64. The summed E-state index contributed by atoms with van der Waals surface area (Å²) in [4.78, 5) is 16.9. The van der Waals surface area contributed by atoms with E-state index in [1.165, 1.54) is 0 Å². The molecule has 0 radical (unpaired) electrons. The number of nitrogens with zero attached hydrogens (tertiary/aromatic N) is 1. The molecule has 1 aromatic heterocycles. The number of benzene rings is 3. The van der Waals surface area contributed by atoms with Crippen LogP contribution in [0.4, 0.5) is 0 Å². The van der Waals surface area contributed by atoms with E-state index in [4.69, 9.17) is 13.9 Å². The van der Waals surface area contributed by atoms with Crippen LogP contribution in [0.3, 0.4) is 0 Å². The van der Waals surface area contributed by atoms with Crippen molar-refractivity contribution >= 4 is 17.1 Å². The van der Waals surface area contributed by atoms with Crippen LogP contribution in [0, 0.1) is 0 Å². The average molecular weight is 359 g/mol. The van der Waals surface area contributed by atoms with Crippen LogP contribution in [0.5, 0.6) is 11.5 Å². The number of carbonyl (C=O) groups is 1. The van der Waals surface area contributed by atoms with Gasteiger partial charge in [0.05, 0.1) is 12.2 Å². The van der Waals surface area contributed by atoms with Gasteiger partial charge in [0.15, 0.2) is 5.58 Å². The Hall–Kier alpha value is -3.60. The Balaban J connectivity index is 1.57. The topological polar surface area (TPSA) is 61.6 Å². The van der Waals surface area contributed by atoms with Gasteiger partial charge in [-0.25, -0.2) is 9.78 Å². The van der Waals surface area contributed by atoms with Gasteiger partial charge >= 0.3 is 5.97 Å². The number of ether oxygens (including phenoxy) is 2. The minimum atomic E-state index is -0.460. The van der Waals surface area contributed by atoms with Crippen molar-refractivity contribution in [1.82, 2.24) is 4.98 Å². The van der Waals surface area contributed by atoms with Gasteiger partial charge < -0.3 is 13.9 Å². The van der Waals surface area contributed by atoms with Crippen molar-refractivity contribution in [3.05, 3.63) is 78.4 Å². The van der Waals surface area contributed by atoms with E-state index in [-0.39, 0.29) is 0 Å². The summed E-state index contributed by atoms with van der Waals surface area (Å²) in [5, 5.41) is 0. The Morgan fingerprint density at radius 1 is 0.963 bits per heavy atom. The van der Waals surface area contributed by atoms with Gasteiger partial charge in [-0.3, -0.25) is 0 Å². The van der Waals surface area contributed by atoms with Crippen LogP contribution in [0.25, 0.3) is 22.6 Å². The summed E-state index contributed by atoms with van der Waals surface area (Å²) in [7, 11) is 0. The quantitative estimate of drug-likeness (QED) is 0.366. The summed E-state index contributed by atoms with van der Waals surface area (Å²) in [6.07, 6.45) is 0. The Labute approximate surface area is 156 Å². The lowest BCUT2D eigenvalue weighted by atomic mass is 10.2. The van der Waals surface area contributed by atoms with E-state index in [0.29, 0.717) is 40.7 Å². The number of rotatable bonds is 5. The van der Waals surface area contributed by atoms with E-state index < -0.39 is 5.97 Å². The molecule has 5 heteroatoms. The highest BCUT2D eigenvalue weighted by Gasteiger charge is 2.13. The molecule has 0 saturated heterocycles. The molecule has 0 aliphatic heterocycles. The maximum Gasteiger partial charge on any atom is 0.343 e. The third kappa shape index (κ3) is 3.67. The first kappa shape index (κ1) is 16.8. The molecule has 134 valence electrons. The fraction of sp³-hybridized carbons (Fsp3) is 0.0909. The molecule has 5 nitrogen and oxygen atoms in total. The predicted molar refractivity (Wildman–Crippen MR) is 102 cm³/mol. The lowest BCUT2D eigenvalue weighted by Crippen LogP contribution is -2.08. The van der Waals surface area contributed by atoms with E-state index in [2.05, 4.69) is 4.98 Å². The van der Waals surface area contributed by atoms with Gasteiger partial charge in [-0.1, -0.05) is 24.3 Å². The van der Waals surface area contributed by atoms with E-state index in [0.717, 1.165) is 5.56 Å². The lowest BCUT2D eigenvalue weighted by molar-refractivity contribution is 0.0734. The van der Waals surface area contributed by atoms with Gasteiger partial charge in [-0.2, -0.15) is 0 Å². The van der Waals surface area contributed by atoms with Gasteiger partial charge in [0.2, 0.25) is 5.89 Å². The molecule has 4 rings (SSSR count). The highest BCUT2D eigenvalue weighted by molar-refractivity contribution is 5.92. The summed E-state index contributed by atoms with van der Waals surface area (Å²) in [6.45, 7) is 2.42. The first-order chi connectivity index (χ1) is 13.2. The van der Waals surface area contributed by atoms with Crippen molar-refractivity contribution in [3.63, 3.8) is 0 Å². The number of hydrogen-bond acceptors (Lipinski definition) is 5. The maximum absolute atomic E-state index is 12.4. The zero-order valence-electron chi connectivity index (χ0n) is 14.7. The third-order valence-electron chi connectivity index (χ3n) is 3.97.